The normalized spacial score (nSPS) is 33.9. The third kappa shape index (κ3) is 3.71. The van der Waals surface area contributed by atoms with Gasteiger partial charge in [0.1, 0.15) is 0 Å². The molecule has 2 unspecified atom stereocenters. The Labute approximate surface area is 159 Å². The molecule has 2 bridgehead atoms. The van der Waals surface area contributed by atoms with Crippen LogP contribution in [0.3, 0.4) is 0 Å². The molecule has 5 rings (SSSR count). The van der Waals surface area contributed by atoms with Crippen LogP contribution in [0, 0.1) is 5.92 Å². The van der Waals surface area contributed by atoms with Gasteiger partial charge in [0.25, 0.3) is 0 Å². The van der Waals surface area contributed by atoms with Gasteiger partial charge in [-0.25, -0.2) is 4.79 Å². The SMILES string of the molecule is CC1NNC(C)C1Sc1ccccc1NC(=O)N1C[C@H]2CC[C@@H]1CNC2. The van der Waals surface area contributed by atoms with Gasteiger partial charge in [0, 0.05) is 41.4 Å². The number of rotatable bonds is 3. The second-order valence-electron chi connectivity index (χ2n) is 7.78. The number of urea groups is 1. The van der Waals surface area contributed by atoms with Crippen LogP contribution < -0.4 is 21.5 Å². The number of nitrogens with one attached hydrogen (secondary N) is 4. The summed E-state index contributed by atoms with van der Waals surface area (Å²) in [6.45, 7) is 7.19. The maximum absolute atomic E-state index is 13.0. The van der Waals surface area contributed by atoms with Gasteiger partial charge >= 0.3 is 6.03 Å². The van der Waals surface area contributed by atoms with Crippen LogP contribution in [-0.4, -0.2) is 53.9 Å². The molecule has 4 aliphatic rings. The van der Waals surface area contributed by atoms with Crippen molar-refractivity contribution in [3.05, 3.63) is 24.3 Å². The van der Waals surface area contributed by atoms with E-state index in [0.717, 1.165) is 36.6 Å². The zero-order chi connectivity index (χ0) is 18.1. The van der Waals surface area contributed by atoms with Gasteiger partial charge in [-0.2, -0.15) is 0 Å². The highest BCUT2D eigenvalue weighted by Gasteiger charge is 2.35. The highest BCUT2D eigenvalue weighted by molar-refractivity contribution is 8.00. The smallest absolute Gasteiger partial charge is 0.320 e. The number of fused-ring (bicyclic) bond motifs is 4. The zero-order valence-electron chi connectivity index (χ0n) is 15.5. The molecule has 2 amide bonds. The molecule has 4 heterocycles. The Morgan fingerprint density at radius 1 is 1.15 bits per heavy atom. The van der Waals surface area contributed by atoms with Crippen LogP contribution in [0.1, 0.15) is 26.7 Å². The molecule has 4 aliphatic heterocycles. The van der Waals surface area contributed by atoms with Crippen molar-refractivity contribution in [1.82, 2.24) is 21.1 Å². The standard InChI is InChI=1S/C19H29N5OS/c1-12-18(13(2)23-22-12)26-17-6-4-3-5-16(17)21-19(25)24-11-14-7-8-15(24)10-20-9-14/h3-6,12-15,18,20,22-23H,7-11H2,1-2H3,(H,21,25)/t12?,13?,14-,15+,18?/m0/s1. The van der Waals surface area contributed by atoms with E-state index in [0.29, 0.717) is 29.3 Å². The number of hydrogen-bond acceptors (Lipinski definition) is 5. The predicted molar refractivity (Wildman–Crippen MR) is 106 cm³/mol. The van der Waals surface area contributed by atoms with Gasteiger partial charge in [-0.05, 0) is 51.3 Å². The van der Waals surface area contributed by atoms with E-state index in [-0.39, 0.29) is 6.03 Å². The first-order valence-corrected chi connectivity index (χ1v) is 10.5. The predicted octanol–water partition coefficient (Wildman–Crippen LogP) is 2.25. The van der Waals surface area contributed by atoms with Crippen LogP contribution >= 0.6 is 11.8 Å². The first-order valence-electron chi connectivity index (χ1n) is 9.67. The van der Waals surface area contributed by atoms with Gasteiger partial charge in [0.2, 0.25) is 0 Å². The number of carbonyl (C=O) groups excluding carboxylic acids is 1. The molecule has 0 aliphatic carbocycles. The number of para-hydroxylation sites is 1. The molecule has 26 heavy (non-hydrogen) atoms. The van der Waals surface area contributed by atoms with Crippen LogP contribution in [0.25, 0.3) is 0 Å². The Kier molecular flexibility index (Phi) is 5.40. The minimum atomic E-state index is 0.0419. The minimum Gasteiger partial charge on any atom is -0.320 e. The molecule has 1 aromatic carbocycles. The molecular formula is C19H29N5OS. The topological polar surface area (TPSA) is 68.4 Å². The van der Waals surface area contributed by atoms with E-state index >= 15 is 0 Å². The van der Waals surface area contributed by atoms with E-state index in [1.165, 1.54) is 6.42 Å². The maximum Gasteiger partial charge on any atom is 0.322 e. The molecule has 4 fully saturated rings. The summed E-state index contributed by atoms with van der Waals surface area (Å²) in [5.41, 5.74) is 7.53. The number of thioether (sulfide) groups is 1. The van der Waals surface area contributed by atoms with Gasteiger partial charge in [-0.3, -0.25) is 10.9 Å². The number of amides is 2. The second-order valence-corrected chi connectivity index (χ2v) is 9.00. The average Bonchev–Trinajstić information content (AvgIpc) is 2.86. The van der Waals surface area contributed by atoms with Gasteiger partial charge in [0.15, 0.2) is 0 Å². The van der Waals surface area contributed by atoms with Gasteiger partial charge in [-0.1, -0.05) is 12.1 Å². The largest absolute Gasteiger partial charge is 0.322 e. The van der Waals surface area contributed by atoms with Crippen LogP contribution in [0.2, 0.25) is 0 Å². The van der Waals surface area contributed by atoms with Crippen molar-refractivity contribution in [1.29, 1.82) is 0 Å². The van der Waals surface area contributed by atoms with E-state index in [1.54, 1.807) is 0 Å². The Morgan fingerprint density at radius 3 is 2.73 bits per heavy atom. The van der Waals surface area contributed by atoms with Crippen molar-refractivity contribution >= 4 is 23.5 Å². The van der Waals surface area contributed by atoms with Crippen molar-refractivity contribution in [2.45, 2.75) is 55.0 Å². The quantitative estimate of drug-likeness (QED) is 0.652. The lowest BCUT2D eigenvalue weighted by molar-refractivity contribution is 0.153. The summed E-state index contributed by atoms with van der Waals surface area (Å²) in [5.74, 6) is 0.585. The maximum atomic E-state index is 13.0. The van der Waals surface area contributed by atoms with E-state index in [2.05, 4.69) is 41.4 Å². The fraction of sp³-hybridized carbons (Fsp3) is 0.632. The Hall–Kier alpha value is -1.28. The molecule has 0 aromatic heterocycles. The molecule has 6 nitrogen and oxygen atoms in total. The lowest BCUT2D eigenvalue weighted by Gasteiger charge is -2.36. The Balaban J connectivity index is 1.47. The summed E-state index contributed by atoms with van der Waals surface area (Å²) in [6.07, 6.45) is 2.33. The number of hydrazine groups is 1. The van der Waals surface area contributed by atoms with E-state index < -0.39 is 0 Å². The van der Waals surface area contributed by atoms with E-state index in [1.807, 2.05) is 34.9 Å². The summed E-state index contributed by atoms with van der Waals surface area (Å²) >= 11 is 1.83. The van der Waals surface area contributed by atoms with Gasteiger partial charge in [0.05, 0.1) is 5.69 Å². The molecule has 142 valence electrons. The monoisotopic (exact) mass is 375 g/mol. The van der Waals surface area contributed by atoms with E-state index in [4.69, 9.17) is 0 Å². The summed E-state index contributed by atoms with van der Waals surface area (Å²) in [5, 5.41) is 7.10. The fourth-order valence-electron chi connectivity index (χ4n) is 4.25. The van der Waals surface area contributed by atoms with Crippen molar-refractivity contribution < 1.29 is 4.79 Å². The lowest BCUT2D eigenvalue weighted by atomic mass is 9.95. The molecule has 1 aromatic rings. The van der Waals surface area contributed by atoms with Crippen LogP contribution in [0.15, 0.2) is 29.2 Å². The third-order valence-electron chi connectivity index (χ3n) is 5.79. The zero-order valence-corrected chi connectivity index (χ0v) is 16.3. The Morgan fingerprint density at radius 2 is 1.92 bits per heavy atom. The highest BCUT2D eigenvalue weighted by Crippen LogP contribution is 2.35. The lowest BCUT2D eigenvalue weighted by Crippen LogP contribution is -2.49. The number of hydrogen-bond donors (Lipinski definition) is 4. The van der Waals surface area contributed by atoms with Crippen LogP contribution in [-0.2, 0) is 0 Å². The van der Waals surface area contributed by atoms with Crippen molar-refractivity contribution in [2.24, 2.45) is 5.92 Å². The number of piperidine rings is 1. The molecule has 0 saturated carbocycles. The summed E-state index contributed by atoms with van der Waals surface area (Å²) in [7, 11) is 0. The summed E-state index contributed by atoms with van der Waals surface area (Å²) in [4.78, 5) is 16.2. The molecule has 4 atom stereocenters. The second kappa shape index (κ2) is 7.76. The highest BCUT2D eigenvalue weighted by atomic mass is 32.2. The molecule has 4 N–H and O–H groups in total. The molecular weight excluding hydrogens is 346 g/mol. The van der Waals surface area contributed by atoms with Crippen molar-refractivity contribution in [2.75, 3.05) is 25.0 Å². The molecule has 0 radical (unpaired) electrons. The number of anilines is 1. The van der Waals surface area contributed by atoms with Crippen molar-refractivity contribution in [3.8, 4) is 0 Å². The van der Waals surface area contributed by atoms with Crippen LogP contribution in [0.4, 0.5) is 10.5 Å². The third-order valence-corrected chi connectivity index (χ3v) is 7.49. The van der Waals surface area contributed by atoms with Crippen molar-refractivity contribution in [3.63, 3.8) is 0 Å². The molecule has 4 saturated heterocycles. The number of nitrogens with zero attached hydrogens (tertiary/aromatic N) is 1. The van der Waals surface area contributed by atoms with Gasteiger partial charge in [-0.15, -0.1) is 11.8 Å². The molecule has 7 heteroatoms. The summed E-state index contributed by atoms with van der Waals surface area (Å²) in [6, 6.07) is 9.28. The number of benzene rings is 1. The van der Waals surface area contributed by atoms with Crippen LogP contribution in [0.5, 0.6) is 0 Å². The molecule has 0 spiro atoms. The first kappa shape index (κ1) is 18.1. The van der Waals surface area contributed by atoms with Gasteiger partial charge < -0.3 is 15.5 Å². The van der Waals surface area contributed by atoms with E-state index in [9.17, 15) is 4.79 Å². The fourth-order valence-corrected chi connectivity index (χ4v) is 5.50. The minimum absolute atomic E-state index is 0.0419. The Bertz CT molecular complexity index is 643. The summed E-state index contributed by atoms with van der Waals surface area (Å²) < 4.78 is 0. The number of carbonyl (C=O) groups is 1. The first-order chi connectivity index (χ1) is 12.6. The average molecular weight is 376 g/mol.